The summed E-state index contributed by atoms with van der Waals surface area (Å²) in [4.78, 5) is 2.57. The van der Waals surface area contributed by atoms with E-state index in [1.165, 1.54) is 16.7 Å². The van der Waals surface area contributed by atoms with Crippen LogP contribution in [0.25, 0.3) is 11.1 Å². The van der Waals surface area contributed by atoms with E-state index in [-0.39, 0.29) is 12.2 Å². The highest BCUT2D eigenvalue weighted by molar-refractivity contribution is 5.63. The first kappa shape index (κ1) is 23.1. The van der Waals surface area contributed by atoms with Gasteiger partial charge in [0, 0.05) is 25.1 Å². The van der Waals surface area contributed by atoms with Crippen molar-refractivity contribution in [2.75, 3.05) is 26.7 Å². The van der Waals surface area contributed by atoms with Gasteiger partial charge in [0.15, 0.2) is 0 Å². The number of aromatic hydroxyl groups is 1. The first-order valence-corrected chi connectivity index (χ1v) is 12.6. The Morgan fingerprint density at radius 1 is 0.941 bits per heavy atom. The summed E-state index contributed by atoms with van der Waals surface area (Å²) in [6.07, 6.45) is 3.27. The lowest BCUT2D eigenvalue weighted by molar-refractivity contribution is -0.0674. The van der Waals surface area contributed by atoms with Crippen LogP contribution < -0.4 is 5.32 Å². The Morgan fingerprint density at radius 3 is 2.35 bits per heavy atom. The van der Waals surface area contributed by atoms with Crippen LogP contribution in [0.15, 0.2) is 66.7 Å². The van der Waals surface area contributed by atoms with Gasteiger partial charge in [-0.3, -0.25) is 4.90 Å². The third-order valence-corrected chi connectivity index (χ3v) is 7.63. The zero-order valence-electron chi connectivity index (χ0n) is 20.3. The van der Waals surface area contributed by atoms with Gasteiger partial charge in [-0.1, -0.05) is 66.7 Å². The standard InChI is InChI=1S/C30H36N2O2/c1-21-8-13-26-27(30(21)33)18-28(34-29(26)19-31-2)25-14-16-32(17-15-25)20-22-9-11-24(12-10-22)23-6-4-3-5-7-23/h3-13,25,28-29,31,33H,14-20H2,1-2H3/t28-,29?/m0/s1. The van der Waals surface area contributed by atoms with Crippen molar-refractivity contribution in [2.45, 2.75) is 44.9 Å². The van der Waals surface area contributed by atoms with Crippen molar-refractivity contribution in [2.24, 2.45) is 5.92 Å². The van der Waals surface area contributed by atoms with E-state index in [2.05, 4.69) is 70.9 Å². The molecule has 0 radical (unpaired) electrons. The van der Waals surface area contributed by atoms with Gasteiger partial charge in [-0.15, -0.1) is 0 Å². The summed E-state index contributed by atoms with van der Waals surface area (Å²) < 4.78 is 6.60. The number of piperidine rings is 1. The largest absolute Gasteiger partial charge is 0.507 e. The van der Waals surface area contributed by atoms with E-state index in [0.717, 1.165) is 62.1 Å². The van der Waals surface area contributed by atoms with Gasteiger partial charge < -0.3 is 15.2 Å². The molecule has 2 N–H and O–H groups in total. The maximum atomic E-state index is 10.8. The van der Waals surface area contributed by atoms with Crippen LogP contribution in [0, 0.1) is 12.8 Å². The van der Waals surface area contributed by atoms with Crippen LogP contribution in [-0.2, 0) is 17.7 Å². The fourth-order valence-corrected chi connectivity index (χ4v) is 5.61. The van der Waals surface area contributed by atoms with E-state index in [1.54, 1.807) is 0 Å². The quantitative estimate of drug-likeness (QED) is 0.515. The van der Waals surface area contributed by atoms with Gasteiger partial charge in [0.25, 0.3) is 0 Å². The number of nitrogens with zero attached hydrogens (tertiary/aromatic N) is 1. The fraction of sp³-hybridized carbons (Fsp3) is 0.400. The molecule has 2 heterocycles. The molecular weight excluding hydrogens is 420 g/mol. The molecule has 2 aliphatic rings. The number of benzene rings is 3. The van der Waals surface area contributed by atoms with E-state index in [0.29, 0.717) is 11.7 Å². The molecule has 3 aromatic rings. The van der Waals surface area contributed by atoms with Gasteiger partial charge in [0.2, 0.25) is 0 Å². The molecule has 4 heteroatoms. The number of phenols is 1. The van der Waals surface area contributed by atoms with Crippen LogP contribution in [0.2, 0.25) is 0 Å². The lowest BCUT2D eigenvalue weighted by Crippen LogP contribution is -2.42. The summed E-state index contributed by atoms with van der Waals surface area (Å²) in [6.45, 7) is 5.93. The van der Waals surface area contributed by atoms with Crippen molar-refractivity contribution < 1.29 is 9.84 Å². The molecule has 0 aromatic heterocycles. The third-order valence-electron chi connectivity index (χ3n) is 7.63. The zero-order valence-corrected chi connectivity index (χ0v) is 20.3. The van der Waals surface area contributed by atoms with Crippen molar-refractivity contribution in [1.29, 1.82) is 0 Å². The normalized spacial score (nSPS) is 21.4. The second-order valence-electron chi connectivity index (χ2n) is 9.90. The van der Waals surface area contributed by atoms with Crippen molar-refractivity contribution in [3.05, 3.63) is 89.0 Å². The minimum absolute atomic E-state index is 0.00593. The predicted molar refractivity (Wildman–Crippen MR) is 138 cm³/mol. The number of hydrogen-bond donors (Lipinski definition) is 2. The lowest BCUT2D eigenvalue weighted by atomic mass is 9.83. The second kappa shape index (κ2) is 10.3. The van der Waals surface area contributed by atoms with Gasteiger partial charge in [-0.25, -0.2) is 0 Å². The summed E-state index contributed by atoms with van der Waals surface area (Å²) in [5.41, 5.74) is 7.10. The Labute approximate surface area is 203 Å². The lowest BCUT2D eigenvalue weighted by Gasteiger charge is -2.40. The number of likely N-dealkylation sites (N-methyl/N-ethyl adjacent to an activating group) is 1. The maximum absolute atomic E-state index is 10.8. The Bertz CT molecular complexity index is 1090. The fourth-order valence-electron chi connectivity index (χ4n) is 5.61. The first-order chi connectivity index (χ1) is 16.6. The molecule has 2 aliphatic heterocycles. The molecule has 0 bridgehead atoms. The van der Waals surface area contributed by atoms with E-state index in [9.17, 15) is 5.11 Å². The van der Waals surface area contributed by atoms with Crippen molar-refractivity contribution in [3.63, 3.8) is 0 Å². The van der Waals surface area contributed by atoms with E-state index >= 15 is 0 Å². The molecule has 1 fully saturated rings. The minimum atomic E-state index is 0.00593. The number of likely N-dealkylation sites (tertiary alicyclic amines) is 1. The number of phenolic OH excluding ortho intramolecular Hbond substituents is 1. The molecule has 3 aromatic carbocycles. The number of fused-ring (bicyclic) bond motifs is 1. The summed E-state index contributed by atoms with van der Waals surface area (Å²) >= 11 is 0. The maximum Gasteiger partial charge on any atom is 0.122 e. The van der Waals surface area contributed by atoms with Crippen LogP contribution in [-0.4, -0.2) is 42.8 Å². The summed E-state index contributed by atoms with van der Waals surface area (Å²) in [6, 6.07) is 23.7. The Morgan fingerprint density at radius 2 is 1.65 bits per heavy atom. The average molecular weight is 457 g/mol. The number of aryl methyl sites for hydroxylation is 1. The molecule has 4 nitrogen and oxygen atoms in total. The number of nitrogens with one attached hydrogen (secondary N) is 1. The van der Waals surface area contributed by atoms with E-state index < -0.39 is 0 Å². The molecule has 1 saturated heterocycles. The van der Waals surface area contributed by atoms with E-state index in [1.807, 2.05) is 20.0 Å². The summed E-state index contributed by atoms with van der Waals surface area (Å²) in [7, 11) is 1.96. The van der Waals surface area contributed by atoms with Gasteiger partial charge >= 0.3 is 0 Å². The molecule has 0 spiro atoms. The Hall–Kier alpha value is -2.66. The highest BCUT2D eigenvalue weighted by Gasteiger charge is 2.35. The Balaban J connectivity index is 1.20. The van der Waals surface area contributed by atoms with Crippen molar-refractivity contribution in [3.8, 4) is 16.9 Å². The topological polar surface area (TPSA) is 44.7 Å². The smallest absolute Gasteiger partial charge is 0.122 e. The van der Waals surface area contributed by atoms with Crippen molar-refractivity contribution >= 4 is 0 Å². The molecular formula is C30H36N2O2. The summed E-state index contributed by atoms with van der Waals surface area (Å²) in [5.74, 6) is 0.993. The van der Waals surface area contributed by atoms with Crippen LogP contribution in [0.5, 0.6) is 5.75 Å². The molecule has 34 heavy (non-hydrogen) atoms. The molecule has 0 saturated carbocycles. The monoisotopic (exact) mass is 456 g/mol. The number of ether oxygens (including phenoxy) is 1. The summed E-state index contributed by atoms with van der Waals surface area (Å²) in [5, 5.41) is 14.0. The van der Waals surface area contributed by atoms with E-state index in [4.69, 9.17) is 4.74 Å². The molecule has 178 valence electrons. The molecule has 0 amide bonds. The third kappa shape index (κ3) is 4.90. The van der Waals surface area contributed by atoms with Crippen LogP contribution in [0.4, 0.5) is 0 Å². The van der Waals surface area contributed by atoms with Crippen LogP contribution in [0.3, 0.4) is 0 Å². The number of hydrogen-bond acceptors (Lipinski definition) is 4. The molecule has 1 unspecified atom stereocenters. The second-order valence-corrected chi connectivity index (χ2v) is 9.90. The zero-order chi connectivity index (χ0) is 23.5. The first-order valence-electron chi connectivity index (χ1n) is 12.6. The molecule has 2 atom stereocenters. The van der Waals surface area contributed by atoms with Gasteiger partial charge in [-0.2, -0.15) is 0 Å². The van der Waals surface area contributed by atoms with Crippen LogP contribution in [0.1, 0.15) is 41.2 Å². The SMILES string of the molecule is CNCC1O[C@H](C2CCN(Cc3ccc(-c4ccccc4)cc3)CC2)Cc2c1ccc(C)c2O. The van der Waals surface area contributed by atoms with Gasteiger partial charge in [0.1, 0.15) is 5.75 Å². The predicted octanol–water partition coefficient (Wildman–Crippen LogP) is 5.48. The molecule has 5 rings (SSSR count). The molecule has 0 aliphatic carbocycles. The Kier molecular flexibility index (Phi) is 7.00. The minimum Gasteiger partial charge on any atom is -0.507 e. The highest BCUT2D eigenvalue weighted by atomic mass is 16.5. The highest BCUT2D eigenvalue weighted by Crippen LogP contribution is 2.40. The van der Waals surface area contributed by atoms with Crippen LogP contribution >= 0.6 is 0 Å². The van der Waals surface area contributed by atoms with Gasteiger partial charge in [0.05, 0.1) is 12.2 Å². The average Bonchev–Trinajstić information content (AvgIpc) is 2.88. The van der Waals surface area contributed by atoms with Gasteiger partial charge in [-0.05, 0) is 73.6 Å². The number of rotatable bonds is 6. The van der Waals surface area contributed by atoms with Crippen molar-refractivity contribution in [1.82, 2.24) is 10.2 Å².